The topological polar surface area (TPSA) is 15.8 Å². The van der Waals surface area contributed by atoms with Crippen LogP contribution in [-0.4, -0.2) is 4.98 Å². The number of rotatable bonds is 1. The third kappa shape index (κ3) is 1.94. The molecule has 0 fully saturated rings. The van der Waals surface area contributed by atoms with E-state index in [9.17, 15) is 0 Å². The molecule has 20 heavy (non-hydrogen) atoms. The zero-order chi connectivity index (χ0) is 12.7. The number of H-pyrrole nitrogens is 1. The predicted molar refractivity (Wildman–Crippen MR) is 81.2 cm³/mol. The van der Waals surface area contributed by atoms with Gasteiger partial charge in [-0.2, -0.15) is 0 Å². The monoisotopic (exact) mass is 306 g/mol. The predicted octanol–water partition coefficient (Wildman–Crippen LogP) is 4.99. The average molecular weight is 307 g/mol. The first-order valence-corrected chi connectivity index (χ1v) is 6.48. The molecule has 0 saturated heterocycles. The zero-order valence-corrected chi connectivity index (χ0v) is 11.7. The van der Waals surface area contributed by atoms with Crippen LogP contribution in [0.3, 0.4) is 0 Å². The summed E-state index contributed by atoms with van der Waals surface area (Å²) in [5, 5.41) is 2.58. The van der Waals surface area contributed by atoms with Crippen molar-refractivity contribution >= 4 is 21.8 Å². The number of nitrogens with one attached hydrogen (secondary N) is 1. The molecule has 0 unspecified atom stereocenters. The Bertz CT molecular complexity index is 862. The Balaban J connectivity index is 0.00000121. The molecule has 1 N–H and O–H groups in total. The molecule has 0 atom stereocenters. The minimum absolute atomic E-state index is 0. The van der Waals surface area contributed by atoms with Crippen LogP contribution >= 0.6 is 0 Å². The minimum Gasteiger partial charge on any atom is -0.354 e. The van der Waals surface area contributed by atoms with Gasteiger partial charge in [0, 0.05) is 21.9 Å². The van der Waals surface area contributed by atoms with E-state index in [2.05, 4.69) is 77.8 Å². The Morgan fingerprint density at radius 2 is 1.30 bits per heavy atom. The molecule has 0 aliphatic rings. The second-order valence-electron chi connectivity index (χ2n) is 4.76. The Labute approximate surface area is 128 Å². The van der Waals surface area contributed by atoms with E-state index in [0.717, 1.165) is 0 Å². The molecule has 4 rings (SSSR count). The summed E-state index contributed by atoms with van der Waals surface area (Å²) < 4.78 is 0. The molecule has 1 heterocycles. The molecule has 2 heteroatoms. The van der Waals surface area contributed by atoms with Crippen molar-refractivity contribution in [3.63, 3.8) is 0 Å². The number of benzene rings is 3. The molecule has 3 aromatic carbocycles. The second kappa shape index (κ2) is 5.16. The van der Waals surface area contributed by atoms with E-state index in [1.807, 2.05) is 0 Å². The number of para-hydroxylation sites is 2. The normalized spacial score (nSPS) is 10.6. The van der Waals surface area contributed by atoms with Crippen molar-refractivity contribution in [1.29, 1.82) is 0 Å². The average Bonchev–Trinajstić information content (AvgIpc) is 2.87. The second-order valence-corrected chi connectivity index (χ2v) is 4.76. The number of hydrogen-bond donors (Lipinski definition) is 1. The summed E-state index contributed by atoms with van der Waals surface area (Å²) in [6.45, 7) is 0. The first kappa shape index (κ1) is 13.0. The Morgan fingerprint density at radius 1 is 0.600 bits per heavy atom. The SMILES string of the molecule is [Cu+2].c1ccc(-c2cccc3c2[nH]c2ccccc23)cc1. The minimum atomic E-state index is 0. The van der Waals surface area contributed by atoms with Gasteiger partial charge in [0.05, 0.1) is 5.52 Å². The van der Waals surface area contributed by atoms with Crippen molar-refractivity contribution in [3.8, 4) is 11.1 Å². The Morgan fingerprint density at radius 3 is 2.15 bits per heavy atom. The fourth-order valence-electron chi connectivity index (χ4n) is 2.73. The summed E-state index contributed by atoms with van der Waals surface area (Å²) >= 11 is 0. The summed E-state index contributed by atoms with van der Waals surface area (Å²) in [5.74, 6) is 0. The standard InChI is InChI=1S/C18H13N.Cu/c1-2-7-13(8-3-1)14-10-6-11-16-15-9-4-5-12-17(15)19-18(14)16;/h1-12,19H;/q;+2. The van der Waals surface area contributed by atoms with Crippen molar-refractivity contribution in [3.05, 3.63) is 72.8 Å². The Kier molecular flexibility index (Phi) is 3.35. The van der Waals surface area contributed by atoms with Crippen molar-refractivity contribution in [2.45, 2.75) is 0 Å². The smallest absolute Gasteiger partial charge is 0.354 e. The number of fused-ring (bicyclic) bond motifs is 3. The van der Waals surface area contributed by atoms with Gasteiger partial charge in [-0.25, -0.2) is 0 Å². The maximum Gasteiger partial charge on any atom is 2.00 e. The molecule has 0 amide bonds. The van der Waals surface area contributed by atoms with Gasteiger partial charge in [-0.15, -0.1) is 0 Å². The third-order valence-electron chi connectivity index (χ3n) is 3.63. The number of hydrogen-bond acceptors (Lipinski definition) is 0. The van der Waals surface area contributed by atoms with Gasteiger partial charge in [-0.3, -0.25) is 0 Å². The van der Waals surface area contributed by atoms with Crippen molar-refractivity contribution in [2.75, 3.05) is 0 Å². The van der Waals surface area contributed by atoms with Gasteiger partial charge in [-0.1, -0.05) is 66.7 Å². The molecule has 0 saturated carbocycles. The summed E-state index contributed by atoms with van der Waals surface area (Å²) in [4.78, 5) is 3.55. The van der Waals surface area contributed by atoms with Crippen LogP contribution in [0.5, 0.6) is 0 Å². The van der Waals surface area contributed by atoms with E-state index in [0.29, 0.717) is 0 Å². The molecule has 0 aliphatic heterocycles. The van der Waals surface area contributed by atoms with Gasteiger partial charge in [0.15, 0.2) is 0 Å². The van der Waals surface area contributed by atoms with Gasteiger partial charge in [-0.05, 0) is 11.6 Å². The van der Waals surface area contributed by atoms with E-state index >= 15 is 0 Å². The number of aromatic amines is 1. The van der Waals surface area contributed by atoms with Crippen LogP contribution in [0.25, 0.3) is 32.9 Å². The first-order valence-electron chi connectivity index (χ1n) is 6.48. The molecule has 4 aromatic rings. The maximum absolute atomic E-state index is 3.55. The van der Waals surface area contributed by atoms with Gasteiger partial charge in [0.1, 0.15) is 0 Å². The third-order valence-corrected chi connectivity index (χ3v) is 3.63. The molecule has 99 valence electrons. The van der Waals surface area contributed by atoms with E-state index in [4.69, 9.17) is 0 Å². The van der Waals surface area contributed by atoms with Crippen LogP contribution in [0.2, 0.25) is 0 Å². The van der Waals surface area contributed by atoms with Crippen LogP contribution in [0.1, 0.15) is 0 Å². The van der Waals surface area contributed by atoms with Crippen LogP contribution in [-0.2, 0) is 17.1 Å². The summed E-state index contributed by atoms with van der Waals surface area (Å²) in [6.07, 6.45) is 0. The van der Waals surface area contributed by atoms with Gasteiger partial charge >= 0.3 is 17.1 Å². The summed E-state index contributed by atoms with van der Waals surface area (Å²) in [5.41, 5.74) is 4.92. The van der Waals surface area contributed by atoms with Crippen molar-refractivity contribution in [2.24, 2.45) is 0 Å². The fourth-order valence-corrected chi connectivity index (χ4v) is 2.73. The van der Waals surface area contributed by atoms with Crippen molar-refractivity contribution in [1.82, 2.24) is 4.98 Å². The van der Waals surface area contributed by atoms with E-state index < -0.39 is 0 Å². The molecule has 1 radical (unpaired) electrons. The molecular formula is C18H13CuN+2. The molecule has 0 spiro atoms. The Hall–Kier alpha value is -2.02. The van der Waals surface area contributed by atoms with Gasteiger partial charge in [0.25, 0.3) is 0 Å². The zero-order valence-electron chi connectivity index (χ0n) is 10.7. The quantitative estimate of drug-likeness (QED) is 0.477. The van der Waals surface area contributed by atoms with Crippen molar-refractivity contribution < 1.29 is 17.1 Å². The van der Waals surface area contributed by atoms with Crippen LogP contribution < -0.4 is 0 Å². The molecular weight excluding hydrogens is 294 g/mol. The van der Waals surface area contributed by atoms with Crippen LogP contribution in [0, 0.1) is 0 Å². The van der Waals surface area contributed by atoms with Crippen LogP contribution in [0.4, 0.5) is 0 Å². The first-order chi connectivity index (χ1) is 9.43. The van der Waals surface area contributed by atoms with Gasteiger partial charge < -0.3 is 4.98 Å². The molecule has 0 bridgehead atoms. The molecule has 0 aliphatic carbocycles. The maximum atomic E-state index is 3.55. The van der Waals surface area contributed by atoms with E-state index in [1.54, 1.807) is 0 Å². The molecule has 1 nitrogen and oxygen atoms in total. The van der Waals surface area contributed by atoms with E-state index in [-0.39, 0.29) is 17.1 Å². The van der Waals surface area contributed by atoms with E-state index in [1.165, 1.54) is 32.9 Å². The summed E-state index contributed by atoms with van der Waals surface area (Å²) in [7, 11) is 0. The molecule has 1 aromatic heterocycles. The van der Waals surface area contributed by atoms with Gasteiger partial charge in [0.2, 0.25) is 0 Å². The summed E-state index contributed by atoms with van der Waals surface area (Å²) in [6, 6.07) is 25.5. The number of aromatic nitrogens is 1. The van der Waals surface area contributed by atoms with Crippen LogP contribution in [0.15, 0.2) is 72.8 Å². The largest absolute Gasteiger partial charge is 2.00 e. The fraction of sp³-hybridized carbons (Fsp3) is 0.